The van der Waals surface area contributed by atoms with Gasteiger partial charge in [0.2, 0.25) is 11.8 Å². The van der Waals surface area contributed by atoms with E-state index in [9.17, 15) is 19.5 Å². The normalized spacial score (nSPS) is 16.2. The van der Waals surface area contributed by atoms with Crippen LogP contribution in [0.15, 0.2) is 18.2 Å². The van der Waals surface area contributed by atoms with Gasteiger partial charge in [-0.2, -0.15) is 0 Å². The highest BCUT2D eigenvalue weighted by Crippen LogP contribution is 2.31. The molecule has 1 unspecified atom stereocenters. The smallest absolute Gasteiger partial charge is 0.326 e. The van der Waals surface area contributed by atoms with Gasteiger partial charge < -0.3 is 20.1 Å². The average Bonchev–Trinajstić information content (AvgIpc) is 2.87. The van der Waals surface area contributed by atoms with Gasteiger partial charge >= 0.3 is 5.97 Å². The molecule has 7 nitrogen and oxygen atoms in total. The van der Waals surface area contributed by atoms with Gasteiger partial charge in [-0.25, -0.2) is 4.79 Å². The van der Waals surface area contributed by atoms with Crippen LogP contribution in [0.2, 0.25) is 0 Å². The van der Waals surface area contributed by atoms with Gasteiger partial charge in [0.15, 0.2) is 0 Å². The maximum Gasteiger partial charge on any atom is 0.326 e. The Kier molecular flexibility index (Phi) is 12.5. The van der Waals surface area contributed by atoms with Crippen molar-refractivity contribution in [2.24, 2.45) is 11.3 Å². The van der Waals surface area contributed by atoms with E-state index >= 15 is 0 Å². The van der Waals surface area contributed by atoms with Crippen LogP contribution in [0.3, 0.4) is 0 Å². The van der Waals surface area contributed by atoms with E-state index < -0.39 is 23.5 Å². The first-order valence-corrected chi connectivity index (χ1v) is 14.6. The second kappa shape index (κ2) is 15.1. The zero-order valence-corrected chi connectivity index (χ0v) is 25.1. The van der Waals surface area contributed by atoms with Gasteiger partial charge in [-0.3, -0.25) is 9.59 Å². The van der Waals surface area contributed by atoms with Crippen molar-refractivity contribution < 1.29 is 24.2 Å². The van der Waals surface area contributed by atoms with Crippen LogP contribution in [-0.2, 0) is 27.2 Å². The molecule has 0 saturated heterocycles. The summed E-state index contributed by atoms with van der Waals surface area (Å²) in [5, 5.41) is 12.5. The molecule has 2 amide bonds. The molecule has 2 rings (SSSR count). The number of amides is 2. The summed E-state index contributed by atoms with van der Waals surface area (Å²) in [5.41, 5.74) is 3.37. The molecule has 2 N–H and O–H groups in total. The minimum Gasteiger partial charge on any atom is -0.496 e. The Bertz CT molecular complexity index is 1010. The molecule has 7 heteroatoms. The second-order valence-electron chi connectivity index (χ2n) is 11.9. The molecule has 0 fully saturated rings. The molecule has 0 aliphatic heterocycles. The summed E-state index contributed by atoms with van der Waals surface area (Å²) in [6.07, 6.45) is 12.1. The zero-order valence-electron chi connectivity index (χ0n) is 25.1. The molecule has 1 aliphatic carbocycles. The Balaban J connectivity index is 1.81. The van der Waals surface area contributed by atoms with Crippen LogP contribution in [0.4, 0.5) is 0 Å². The number of hydrogen-bond donors (Lipinski definition) is 2. The van der Waals surface area contributed by atoms with Crippen molar-refractivity contribution in [3.05, 3.63) is 34.9 Å². The summed E-state index contributed by atoms with van der Waals surface area (Å²) < 4.78 is 5.67. The topological polar surface area (TPSA) is 95.9 Å². The zero-order chi connectivity index (χ0) is 29.2. The maximum absolute atomic E-state index is 13.3. The fourth-order valence-corrected chi connectivity index (χ4v) is 5.32. The molecule has 1 aliphatic rings. The third-order valence-corrected chi connectivity index (χ3v) is 7.63. The molecule has 1 aromatic carbocycles. The van der Waals surface area contributed by atoms with Crippen molar-refractivity contribution in [2.75, 3.05) is 13.7 Å². The molecule has 0 radical (unpaired) electrons. The third-order valence-electron chi connectivity index (χ3n) is 7.63. The lowest BCUT2D eigenvalue weighted by molar-refractivity contribution is -0.152. The highest BCUT2D eigenvalue weighted by atomic mass is 16.5. The number of carboxylic acid groups (broad SMARTS) is 1. The number of nitrogens with one attached hydrogen (secondary N) is 1. The van der Waals surface area contributed by atoms with E-state index in [1.165, 1.54) is 21.6 Å². The Hall–Kier alpha value is -2.83. The maximum atomic E-state index is 13.3. The van der Waals surface area contributed by atoms with Crippen molar-refractivity contribution in [3.8, 4) is 5.75 Å². The Morgan fingerprint density at radius 3 is 2.36 bits per heavy atom. The van der Waals surface area contributed by atoms with Crippen LogP contribution >= 0.6 is 0 Å². The van der Waals surface area contributed by atoms with E-state index in [2.05, 4.69) is 36.5 Å². The number of benzene rings is 1. The molecule has 0 saturated carbocycles. The van der Waals surface area contributed by atoms with Crippen molar-refractivity contribution in [2.45, 2.75) is 111 Å². The number of carboxylic acids is 1. The van der Waals surface area contributed by atoms with E-state index in [-0.39, 0.29) is 18.4 Å². The van der Waals surface area contributed by atoms with Gasteiger partial charge in [0.25, 0.3) is 0 Å². The van der Waals surface area contributed by atoms with E-state index in [1.54, 1.807) is 21.0 Å². The van der Waals surface area contributed by atoms with Gasteiger partial charge in [0, 0.05) is 13.0 Å². The van der Waals surface area contributed by atoms with Gasteiger partial charge in [-0.15, -0.1) is 0 Å². The minimum absolute atomic E-state index is 0.163. The predicted octanol–water partition coefficient (Wildman–Crippen LogP) is 6.03. The number of methoxy groups -OCH3 is 1. The molecule has 218 valence electrons. The summed E-state index contributed by atoms with van der Waals surface area (Å²) in [5.74, 6) is 0.0137. The monoisotopic (exact) mass is 542 g/mol. The van der Waals surface area contributed by atoms with Crippen LogP contribution in [0.5, 0.6) is 5.75 Å². The summed E-state index contributed by atoms with van der Waals surface area (Å²) >= 11 is 0. The number of carbonyl (C=O) groups excluding carboxylic acids is 2. The van der Waals surface area contributed by atoms with Crippen LogP contribution in [0.1, 0.15) is 103 Å². The minimum atomic E-state index is -1.02. The molecule has 0 spiro atoms. The first kappa shape index (κ1) is 32.4. The number of nitrogens with zero attached hydrogens (tertiary/aromatic N) is 1. The van der Waals surface area contributed by atoms with Gasteiger partial charge in [-0.05, 0) is 79.2 Å². The largest absolute Gasteiger partial charge is 0.496 e. The molecule has 0 aromatic heterocycles. The van der Waals surface area contributed by atoms with Crippen molar-refractivity contribution >= 4 is 23.9 Å². The third kappa shape index (κ3) is 9.40. The van der Waals surface area contributed by atoms with Crippen LogP contribution in [0.25, 0.3) is 6.08 Å². The number of aryl methyl sites for hydroxylation is 1. The lowest BCUT2D eigenvalue weighted by Gasteiger charge is -2.36. The molecule has 0 bridgehead atoms. The quantitative estimate of drug-likeness (QED) is 0.264. The SMILES string of the molecule is CC[C@@H](C(=O)O)N(CC)C(=O)[C@@H](NC(=O)CCCCCCCc1cc2c(cc1OC)CC(C)C=C2)C(C)(C)C. The number of aliphatic carboxylic acids is 1. The number of carbonyl (C=O) groups is 3. The fraction of sp³-hybridized carbons (Fsp3) is 0.656. The summed E-state index contributed by atoms with van der Waals surface area (Å²) in [4.78, 5) is 39.1. The molecule has 1 aromatic rings. The van der Waals surface area contributed by atoms with E-state index in [1.807, 2.05) is 20.8 Å². The van der Waals surface area contributed by atoms with Crippen molar-refractivity contribution in [1.82, 2.24) is 10.2 Å². The van der Waals surface area contributed by atoms with E-state index in [4.69, 9.17) is 4.74 Å². The van der Waals surface area contributed by atoms with E-state index in [0.717, 1.165) is 50.7 Å². The number of ether oxygens (including phenoxy) is 1. The highest BCUT2D eigenvalue weighted by molar-refractivity contribution is 5.91. The Morgan fingerprint density at radius 2 is 1.77 bits per heavy atom. The Morgan fingerprint density at radius 1 is 1.10 bits per heavy atom. The predicted molar refractivity (Wildman–Crippen MR) is 157 cm³/mol. The van der Waals surface area contributed by atoms with Gasteiger partial charge in [0.1, 0.15) is 17.8 Å². The molecular weight excluding hydrogens is 492 g/mol. The number of unbranched alkanes of at least 4 members (excludes halogenated alkanes) is 4. The lowest BCUT2D eigenvalue weighted by Crippen LogP contribution is -2.58. The second-order valence-corrected chi connectivity index (χ2v) is 11.9. The first-order chi connectivity index (χ1) is 18.4. The number of allylic oxidation sites excluding steroid dienone is 1. The van der Waals surface area contributed by atoms with Crippen LogP contribution < -0.4 is 10.1 Å². The highest BCUT2D eigenvalue weighted by Gasteiger charge is 2.38. The van der Waals surface area contributed by atoms with Crippen LogP contribution in [0, 0.1) is 11.3 Å². The summed E-state index contributed by atoms with van der Waals surface area (Å²) in [7, 11) is 1.74. The van der Waals surface area contributed by atoms with Crippen molar-refractivity contribution in [3.63, 3.8) is 0 Å². The fourth-order valence-electron chi connectivity index (χ4n) is 5.32. The number of rotatable bonds is 15. The van der Waals surface area contributed by atoms with Crippen molar-refractivity contribution in [1.29, 1.82) is 0 Å². The first-order valence-electron chi connectivity index (χ1n) is 14.6. The van der Waals surface area contributed by atoms with Crippen LogP contribution in [-0.4, -0.2) is 53.5 Å². The van der Waals surface area contributed by atoms with E-state index in [0.29, 0.717) is 18.8 Å². The Labute approximate surface area is 235 Å². The molecule has 39 heavy (non-hydrogen) atoms. The number of fused-ring (bicyclic) bond motifs is 1. The molecular formula is C32H50N2O5. The number of likely N-dealkylation sites (N-methyl/N-ethyl adjacent to an activating group) is 1. The summed E-state index contributed by atoms with van der Waals surface area (Å²) in [6, 6.07) is 2.80. The molecule has 0 heterocycles. The van der Waals surface area contributed by atoms with Gasteiger partial charge in [-0.1, -0.05) is 66.0 Å². The standard InChI is InChI=1S/C32H50N2O5/c1-8-26(31(37)38)34(9-2)30(36)29(32(4,5)6)33-28(35)16-14-12-10-11-13-15-24-20-23-18-17-22(3)19-25(23)21-27(24)39-7/h17-18,20-22,26,29H,8-16,19H2,1-7H3,(H,33,35)(H,37,38)/t22?,26-,29+/m0/s1. The summed E-state index contributed by atoms with van der Waals surface area (Å²) in [6.45, 7) is 11.7. The molecule has 3 atom stereocenters. The average molecular weight is 543 g/mol. The van der Waals surface area contributed by atoms with Gasteiger partial charge in [0.05, 0.1) is 7.11 Å². The number of hydrogen-bond acceptors (Lipinski definition) is 4. The lowest BCUT2D eigenvalue weighted by atomic mass is 9.85.